The van der Waals surface area contributed by atoms with Gasteiger partial charge in [0.05, 0.1) is 17.3 Å². The van der Waals surface area contributed by atoms with Gasteiger partial charge in [0.15, 0.2) is 11.6 Å². The molecule has 3 heterocycles. The Morgan fingerprint density at radius 3 is 2.36 bits per heavy atom. The summed E-state index contributed by atoms with van der Waals surface area (Å²) in [5, 5.41) is 20.5. The lowest BCUT2D eigenvalue weighted by atomic mass is 10.0. The lowest BCUT2D eigenvalue weighted by Gasteiger charge is -2.36. The van der Waals surface area contributed by atoms with Gasteiger partial charge in [-0.25, -0.2) is 18.7 Å². The van der Waals surface area contributed by atoms with Gasteiger partial charge in [0, 0.05) is 63.6 Å². The molecule has 36 heavy (non-hydrogen) atoms. The molecule has 10 heteroatoms. The third-order valence-corrected chi connectivity index (χ3v) is 5.70. The average Bonchev–Trinajstić information content (AvgIpc) is 2.81. The Bertz CT molecular complexity index is 1160. The Morgan fingerprint density at radius 2 is 1.72 bits per heavy atom. The van der Waals surface area contributed by atoms with Crippen LogP contribution in [0.1, 0.15) is 39.0 Å². The van der Waals surface area contributed by atoms with E-state index >= 15 is 0 Å². The average molecular weight is 503 g/mol. The first-order valence-corrected chi connectivity index (χ1v) is 12.1. The molecular weight excluding hydrogens is 466 g/mol. The smallest absolute Gasteiger partial charge is 0.172 e. The maximum atomic E-state index is 14.1. The number of aliphatic hydroxyl groups excluding tert-OH is 1. The summed E-state index contributed by atoms with van der Waals surface area (Å²) in [6.07, 6.45) is 2.13. The van der Waals surface area contributed by atoms with Gasteiger partial charge in [-0.2, -0.15) is 0 Å². The summed E-state index contributed by atoms with van der Waals surface area (Å²) in [7, 11) is 1.00. The van der Waals surface area contributed by atoms with E-state index in [0.717, 1.165) is 30.2 Å². The summed E-state index contributed by atoms with van der Waals surface area (Å²) in [6.45, 7) is 10.7. The van der Waals surface area contributed by atoms with Gasteiger partial charge in [0.2, 0.25) is 0 Å². The second-order valence-corrected chi connectivity index (χ2v) is 9.85. The van der Waals surface area contributed by atoms with Crippen molar-refractivity contribution in [3.05, 3.63) is 53.4 Å². The number of halogens is 2. The molecular formula is C26H36F2N6O2. The molecule has 0 saturated carbocycles. The molecule has 0 spiro atoms. The normalized spacial score (nSPS) is 14.7. The number of hydrogen-bond donors (Lipinski definition) is 3. The number of hydrogen-bond acceptors (Lipinski definition) is 8. The van der Waals surface area contributed by atoms with Crippen LogP contribution in [0.4, 0.5) is 20.4 Å². The van der Waals surface area contributed by atoms with Crippen molar-refractivity contribution in [1.82, 2.24) is 19.9 Å². The van der Waals surface area contributed by atoms with E-state index in [1.54, 1.807) is 20.0 Å². The second-order valence-electron chi connectivity index (χ2n) is 9.85. The highest BCUT2D eigenvalue weighted by Crippen LogP contribution is 2.27. The van der Waals surface area contributed by atoms with Crippen LogP contribution >= 0.6 is 0 Å². The van der Waals surface area contributed by atoms with E-state index < -0.39 is 11.4 Å². The highest BCUT2D eigenvalue weighted by atomic mass is 19.1. The standard InChI is InChI=1S/C25H32F2N6O.CH4O/c1-16(2)29-23-24(31-22-14-28-19(12-21(22)30-23)13-25(3,4)34)33-9-7-32(8-10-33)15-17-11-18(26)5-6-20(17)27;1-2/h5-6,11-12,14,16,34H,7-10,13,15H2,1-4H3,(H,29,30);2H,1H3. The van der Waals surface area contributed by atoms with Crippen molar-refractivity contribution in [2.24, 2.45) is 0 Å². The monoisotopic (exact) mass is 502 g/mol. The van der Waals surface area contributed by atoms with Crippen molar-refractivity contribution < 1.29 is 19.0 Å². The zero-order chi connectivity index (χ0) is 26.5. The molecule has 1 fully saturated rings. The number of rotatable bonds is 7. The summed E-state index contributed by atoms with van der Waals surface area (Å²) in [5.74, 6) is 0.650. The molecule has 0 amide bonds. The van der Waals surface area contributed by atoms with Crippen LogP contribution in [0.25, 0.3) is 11.0 Å². The second kappa shape index (κ2) is 11.9. The molecule has 0 atom stereocenters. The van der Waals surface area contributed by atoms with Crippen molar-refractivity contribution in [2.75, 3.05) is 43.5 Å². The van der Waals surface area contributed by atoms with Crippen LogP contribution in [0.15, 0.2) is 30.5 Å². The number of piperazine rings is 1. The number of pyridine rings is 1. The summed E-state index contributed by atoms with van der Waals surface area (Å²) < 4.78 is 27.6. The first-order chi connectivity index (χ1) is 17.1. The van der Waals surface area contributed by atoms with Crippen molar-refractivity contribution >= 4 is 22.7 Å². The van der Waals surface area contributed by atoms with Crippen LogP contribution in [0.2, 0.25) is 0 Å². The zero-order valence-corrected chi connectivity index (χ0v) is 21.6. The highest BCUT2D eigenvalue weighted by molar-refractivity contribution is 5.80. The predicted molar refractivity (Wildman–Crippen MR) is 138 cm³/mol. The molecule has 1 aliphatic rings. The fourth-order valence-electron chi connectivity index (χ4n) is 4.15. The van der Waals surface area contributed by atoms with E-state index in [4.69, 9.17) is 15.1 Å². The lowest BCUT2D eigenvalue weighted by molar-refractivity contribution is 0.0800. The Labute approximate surface area is 211 Å². The topological polar surface area (TPSA) is 97.6 Å². The van der Waals surface area contributed by atoms with Gasteiger partial charge in [0.1, 0.15) is 17.2 Å². The molecule has 2 aromatic heterocycles. The van der Waals surface area contributed by atoms with E-state index in [9.17, 15) is 13.9 Å². The van der Waals surface area contributed by atoms with Crippen LogP contribution in [-0.4, -0.2) is 75.0 Å². The number of aliphatic hydroxyl groups is 2. The fraction of sp³-hybridized carbons (Fsp3) is 0.500. The lowest BCUT2D eigenvalue weighted by Crippen LogP contribution is -2.46. The number of aromatic nitrogens is 3. The summed E-state index contributed by atoms with van der Waals surface area (Å²) in [6, 6.07) is 5.62. The first kappa shape index (κ1) is 27.6. The van der Waals surface area contributed by atoms with Gasteiger partial charge in [-0.05, 0) is 52.0 Å². The molecule has 1 aromatic carbocycles. The number of benzene rings is 1. The first-order valence-electron chi connectivity index (χ1n) is 12.1. The van der Waals surface area contributed by atoms with Gasteiger partial charge in [0.25, 0.3) is 0 Å². The Hall–Kier alpha value is -2.95. The minimum absolute atomic E-state index is 0.167. The molecule has 8 nitrogen and oxygen atoms in total. The maximum Gasteiger partial charge on any atom is 0.172 e. The van der Waals surface area contributed by atoms with Gasteiger partial charge < -0.3 is 20.4 Å². The molecule has 0 unspecified atom stereocenters. The maximum absolute atomic E-state index is 14.1. The largest absolute Gasteiger partial charge is 0.400 e. The SMILES string of the molecule is CC(C)Nc1nc2cc(CC(C)(C)O)ncc2nc1N1CCN(Cc2cc(F)ccc2F)CC1.CO. The van der Waals surface area contributed by atoms with Crippen LogP contribution < -0.4 is 10.2 Å². The Morgan fingerprint density at radius 1 is 1.03 bits per heavy atom. The van der Waals surface area contributed by atoms with Crippen LogP contribution in [0.5, 0.6) is 0 Å². The molecule has 0 radical (unpaired) electrons. The molecule has 196 valence electrons. The van der Waals surface area contributed by atoms with Gasteiger partial charge in [-0.3, -0.25) is 9.88 Å². The molecule has 0 bridgehead atoms. The molecule has 4 rings (SSSR count). The minimum Gasteiger partial charge on any atom is -0.400 e. The van der Waals surface area contributed by atoms with Crippen molar-refractivity contribution in [3.8, 4) is 0 Å². The third-order valence-electron chi connectivity index (χ3n) is 5.70. The Kier molecular flexibility index (Phi) is 9.10. The molecule has 3 aromatic rings. The highest BCUT2D eigenvalue weighted by Gasteiger charge is 2.23. The molecule has 3 N–H and O–H groups in total. The van der Waals surface area contributed by atoms with E-state index in [1.807, 2.05) is 19.9 Å². The summed E-state index contributed by atoms with van der Waals surface area (Å²) in [4.78, 5) is 18.5. The number of nitrogens with one attached hydrogen (secondary N) is 1. The predicted octanol–water partition coefficient (Wildman–Crippen LogP) is 3.37. The molecule has 1 aliphatic heterocycles. The summed E-state index contributed by atoms with van der Waals surface area (Å²) in [5.41, 5.74) is 1.68. The number of nitrogens with zero attached hydrogens (tertiary/aromatic N) is 5. The van der Waals surface area contributed by atoms with Crippen molar-refractivity contribution in [1.29, 1.82) is 0 Å². The van der Waals surface area contributed by atoms with Gasteiger partial charge in [-0.15, -0.1) is 0 Å². The Balaban J connectivity index is 0.00000176. The molecule has 1 saturated heterocycles. The minimum atomic E-state index is -0.860. The quantitative estimate of drug-likeness (QED) is 0.453. The van der Waals surface area contributed by atoms with Crippen molar-refractivity contribution in [3.63, 3.8) is 0 Å². The fourth-order valence-corrected chi connectivity index (χ4v) is 4.15. The van der Waals surface area contributed by atoms with Gasteiger partial charge in [-0.1, -0.05) is 0 Å². The van der Waals surface area contributed by atoms with Crippen LogP contribution in [0.3, 0.4) is 0 Å². The van der Waals surface area contributed by atoms with Crippen molar-refractivity contribution in [2.45, 2.75) is 52.3 Å². The van der Waals surface area contributed by atoms with Crippen LogP contribution in [-0.2, 0) is 13.0 Å². The van der Waals surface area contributed by atoms with E-state index in [2.05, 4.69) is 20.1 Å². The van der Waals surface area contributed by atoms with Gasteiger partial charge >= 0.3 is 0 Å². The van der Waals surface area contributed by atoms with E-state index in [0.29, 0.717) is 56.0 Å². The van der Waals surface area contributed by atoms with E-state index in [1.165, 1.54) is 12.1 Å². The molecule has 0 aliphatic carbocycles. The third kappa shape index (κ3) is 7.28. The number of fused-ring (bicyclic) bond motifs is 1. The van der Waals surface area contributed by atoms with E-state index in [-0.39, 0.29) is 11.9 Å². The van der Waals surface area contributed by atoms with Crippen LogP contribution in [0, 0.1) is 11.6 Å². The summed E-state index contributed by atoms with van der Waals surface area (Å²) >= 11 is 0. The zero-order valence-electron chi connectivity index (χ0n) is 21.6. The number of anilines is 2.